The SMILES string of the molecule is Cc1ccc(NS(=O)(=O)c2c(N)cc(Cl)cc2Cl)cc1O. The van der Waals surface area contributed by atoms with Crippen molar-refractivity contribution in [2.75, 3.05) is 10.5 Å². The highest BCUT2D eigenvalue weighted by Gasteiger charge is 2.22. The number of halogens is 2. The van der Waals surface area contributed by atoms with Crippen LogP contribution in [0.1, 0.15) is 5.56 Å². The Bertz CT molecular complexity index is 784. The molecule has 0 fully saturated rings. The fourth-order valence-electron chi connectivity index (χ4n) is 1.74. The number of hydrogen-bond donors (Lipinski definition) is 3. The van der Waals surface area contributed by atoms with Crippen molar-refractivity contribution in [3.8, 4) is 5.75 Å². The zero-order chi connectivity index (χ0) is 15.8. The van der Waals surface area contributed by atoms with Crippen LogP contribution in [0.4, 0.5) is 11.4 Å². The fourth-order valence-corrected chi connectivity index (χ4v) is 3.78. The van der Waals surface area contributed by atoms with Crippen molar-refractivity contribution in [1.29, 1.82) is 0 Å². The van der Waals surface area contributed by atoms with Gasteiger partial charge < -0.3 is 10.8 Å². The Kier molecular flexibility index (Phi) is 4.22. The molecular formula is C13H12Cl2N2O3S. The molecule has 0 atom stereocenters. The van der Waals surface area contributed by atoms with Gasteiger partial charge in [0.2, 0.25) is 0 Å². The van der Waals surface area contributed by atoms with Gasteiger partial charge in [-0.15, -0.1) is 0 Å². The average molecular weight is 347 g/mol. The lowest BCUT2D eigenvalue weighted by atomic mass is 10.2. The molecule has 21 heavy (non-hydrogen) atoms. The molecule has 0 radical (unpaired) electrons. The number of aryl methyl sites for hydroxylation is 1. The smallest absolute Gasteiger partial charge is 0.265 e. The standard InChI is InChI=1S/C13H12Cl2N2O3S/c1-7-2-3-9(6-12(7)18)17-21(19,20)13-10(15)4-8(14)5-11(13)16/h2-6,17-18H,16H2,1H3. The predicted octanol–water partition coefficient (Wildman–Crippen LogP) is 3.39. The molecule has 2 rings (SSSR count). The summed E-state index contributed by atoms with van der Waals surface area (Å²) in [5, 5.41) is 9.77. The van der Waals surface area contributed by atoms with Crippen LogP contribution in [0.25, 0.3) is 0 Å². The Morgan fingerprint density at radius 2 is 1.86 bits per heavy atom. The lowest BCUT2D eigenvalue weighted by Crippen LogP contribution is -2.15. The predicted molar refractivity (Wildman–Crippen MR) is 84.5 cm³/mol. The third-order valence-electron chi connectivity index (χ3n) is 2.77. The van der Waals surface area contributed by atoms with Gasteiger partial charge in [0, 0.05) is 11.1 Å². The zero-order valence-electron chi connectivity index (χ0n) is 10.9. The summed E-state index contributed by atoms with van der Waals surface area (Å²) in [5.74, 6) is -0.0228. The number of hydrogen-bond acceptors (Lipinski definition) is 4. The number of anilines is 2. The van der Waals surface area contributed by atoms with Gasteiger partial charge in [0.15, 0.2) is 0 Å². The highest BCUT2D eigenvalue weighted by Crippen LogP contribution is 2.33. The number of nitrogens with one attached hydrogen (secondary N) is 1. The van der Waals surface area contributed by atoms with Crippen molar-refractivity contribution >= 4 is 44.6 Å². The van der Waals surface area contributed by atoms with E-state index in [-0.39, 0.29) is 32.1 Å². The number of rotatable bonds is 3. The maximum absolute atomic E-state index is 12.4. The summed E-state index contributed by atoms with van der Waals surface area (Å²) < 4.78 is 27.0. The Morgan fingerprint density at radius 3 is 2.43 bits per heavy atom. The van der Waals surface area contributed by atoms with Gasteiger partial charge in [-0.3, -0.25) is 4.72 Å². The van der Waals surface area contributed by atoms with Crippen LogP contribution in [0.2, 0.25) is 10.0 Å². The van der Waals surface area contributed by atoms with Crippen molar-refractivity contribution in [2.45, 2.75) is 11.8 Å². The fraction of sp³-hybridized carbons (Fsp3) is 0.0769. The first-order valence-corrected chi connectivity index (χ1v) is 8.01. The van der Waals surface area contributed by atoms with Gasteiger partial charge in [-0.25, -0.2) is 8.42 Å². The van der Waals surface area contributed by atoms with E-state index in [9.17, 15) is 13.5 Å². The van der Waals surface area contributed by atoms with E-state index in [1.54, 1.807) is 13.0 Å². The van der Waals surface area contributed by atoms with Crippen molar-refractivity contribution in [3.05, 3.63) is 45.9 Å². The summed E-state index contributed by atoms with van der Waals surface area (Å²) in [6.45, 7) is 1.70. The molecule has 0 unspecified atom stereocenters. The van der Waals surface area contributed by atoms with E-state index in [2.05, 4.69) is 4.72 Å². The maximum atomic E-state index is 12.4. The van der Waals surface area contributed by atoms with Crippen LogP contribution in [0.3, 0.4) is 0 Å². The molecule has 0 bridgehead atoms. The van der Waals surface area contributed by atoms with Crippen LogP contribution in [0, 0.1) is 6.92 Å². The molecule has 0 aliphatic rings. The molecule has 0 aliphatic carbocycles. The Hall–Kier alpha value is -1.63. The van der Waals surface area contributed by atoms with E-state index in [0.717, 1.165) is 0 Å². The van der Waals surface area contributed by atoms with E-state index in [1.165, 1.54) is 24.3 Å². The minimum absolute atomic E-state index is 0.0228. The largest absolute Gasteiger partial charge is 0.508 e. The highest BCUT2D eigenvalue weighted by molar-refractivity contribution is 7.93. The summed E-state index contributed by atoms with van der Waals surface area (Å²) in [7, 11) is -4.00. The molecule has 4 N–H and O–H groups in total. The normalized spacial score (nSPS) is 11.4. The van der Waals surface area contributed by atoms with Crippen molar-refractivity contribution in [3.63, 3.8) is 0 Å². The lowest BCUT2D eigenvalue weighted by molar-refractivity contribution is 0.471. The molecule has 0 saturated heterocycles. The van der Waals surface area contributed by atoms with Crippen LogP contribution < -0.4 is 10.5 Å². The first-order chi connectivity index (χ1) is 9.70. The van der Waals surface area contributed by atoms with Gasteiger partial charge in [-0.2, -0.15) is 0 Å². The molecule has 2 aromatic carbocycles. The van der Waals surface area contributed by atoms with Crippen molar-refractivity contribution in [2.24, 2.45) is 0 Å². The molecule has 0 saturated carbocycles. The molecule has 0 aromatic heterocycles. The van der Waals surface area contributed by atoms with Crippen LogP contribution in [-0.2, 0) is 10.0 Å². The van der Waals surface area contributed by atoms with E-state index < -0.39 is 10.0 Å². The number of nitrogens with two attached hydrogens (primary N) is 1. The zero-order valence-corrected chi connectivity index (χ0v) is 13.2. The summed E-state index contributed by atoms with van der Waals surface area (Å²) in [4.78, 5) is -0.256. The summed E-state index contributed by atoms with van der Waals surface area (Å²) in [6.07, 6.45) is 0. The number of phenols is 1. The number of benzene rings is 2. The minimum atomic E-state index is -4.00. The summed E-state index contributed by atoms with van der Waals surface area (Å²) in [6, 6.07) is 6.99. The molecule has 2 aromatic rings. The van der Waals surface area contributed by atoms with Crippen LogP contribution in [-0.4, -0.2) is 13.5 Å². The molecule has 112 valence electrons. The Balaban J connectivity index is 2.46. The van der Waals surface area contributed by atoms with Gasteiger partial charge in [-0.1, -0.05) is 29.3 Å². The number of nitrogen functional groups attached to an aromatic ring is 1. The van der Waals surface area contributed by atoms with Gasteiger partial charge in [-0.05, 0) is 30.7 Å². The van der Waals surface area contributed by atoms with Gasteiger partial charge in [0.1, 0.15) is 10.6 Å². The number of sulfonamides is 1. The molecule has 0 aliphatic heterocycles. The highest BCUT2D eigenvalue weighted by atomic mass is 35.5. The second kappa shape index (κ2) is 5.63. The molecule has 5 nitrogen and oxygen atoms in total. The van der Waals surface area contributed by atoms with E-state index >= 15 is 0 Å². The number of phenolic OH excluding ortho intramolecular Hbond substituents is 1. The maximum Gasteiger partial charge on any atom is 0.265 e. The van der Waals surface area contributed by atoms with Gasteiger partial charge in [0.25, 0.3) is 10.0 Å². The van der Waals surface area contributed by atoms with Crippen LogP contribution >= 0.6 is 23.2 Å². The van der Waals surface area contributed by atoms with E-state index in [1.807, 2.05) is 0 Å². The van der Waals surface area contributed by atoms with Crippen molar-refractivity contribution in [1.82, 2.24) is 0 Å². The molecular weight excluding hydrogens is 335 g/mol. The first kappa shape index (κ1) is 15.8. The van der Waals surface area contributed by atoms with Crippen LogP contribution in [0.15, 0.2) is 35.2 Å². The quantitative estimate of drug-likeness (QED) is 0.742. The molecule has 0 heterocycles. The Morgan fingerprint density at radius 1 is 1.19 bits per heavy atom. The first-order valence-electron chi connectivity index (χ1n) is 5.77. The van der Waals surface area contributed by atoms with Gasteiger partial charge in [0.05, 0.1) is 16.4 Å². The van der Waals surface area contributed by atoms with Gasteiger partial charge >= 0.3 is 0 Å². The number of aromatic hydroxyl groups is 1. The summed E-state index contributed by atoms with van der Waals surface area (Å²) >= 11 is 11.7. The second-order valence-corrected chi connectivity index (χ2v) is 6.88. The Labute approximate surface area is 132 Å². The molecule has 0 amide bonds. The topological polar surface area (TPSA) is 92.4 Å². The third-order valence-corrected chi connectivity index (χ3v) is 4.89. The average Bonchev–Trinajstić information content (AvgIpc) is 2.31. The third kappa shape index (κ3) is 3.34. The van der Waals surface area contributed by atoms with Crippen molar-refractivity contribution < 1.29 is 13.5 Å². The second-order valence-electron chi connectivity index (χ2n) is 4.41. The summed E-state index contributed by atoms with van der Waals surface area (Å²) in [5.41, 5.74) is 6.44. The minimum Gasteiger partial charge on any atom is -0.508 e. The monoisotopic (exact) mass is 346 g/mol. The molecule has 8 heteroatoms. The molecule has 0 spiro atoms. The van der Waals surface area contributed by atoms with E-state index in [4.69, 9.17) is 28.9 Å². The van der Waals surface area contributed by atoms with E-state index in [0.29, 0.717) is 5.56 Å². The van der Waals surface area contributed by atoms with Crippen LogP contribution in [0.5, 0.6) is 5.75 Å². The lowest BCUT2D eigenvalue weighted by Gasteiger charge is -2.12.